The monoisotopic (exact) mass is 387 g/mol. The van der Waals surface area contributed by atoms with Gasteiger partial charge in [0.05, 0.1) is 20.8 Å². The molecule has 0 aromatic heterocycles. The molecule has 1 amide bonds. The summed E-state index contributed by atoms with van der Waals surface area (Å²) >= 11 is 0. The van der Waals surface area contributed by atoms with Crippen LogP contribution in [0.25, 0.3) is 0 Å². The van der Waals surface area contributed by atoms with E-state index in [1.54, 1.807) is 24.1 Å². The summed E-state index contributed by atoms with van der Waals surface area (Å²) in [6.45, 7) is 2.74. The summed E-state index contributed by atoms with van der Waals surface area (Å²) in [6.07, 6.45) is 0. The number of methoxy groups -OCH3 is 2. The molecule has 0 bridgehead atoms. The van der Waals surface area contributed by atoms with Crippen molar-refractivity contribution in [3.05, 3.63) is 53.6 Å². The average molecular weight is 387 g/mol. The first-order chi connectivity index (χ1) is 13.5. The Bertz CT molecular complexity index is 803. The highest BCUT2D eigenvalue weighted by molar-refractivity contribution is 5.92. The van der Waals surface area contributed by atoms with Crippen molar-refractivity contribution in [3.8, 4) is 17.2 Å². The van der Waals surface area contributed by atoms with Crippen LogP contribution in [0.1, 0.15) is 22.8 Å². The van der Waals surface area contributed by atoms with Crippen LogP contribution in [0.15, 0.2) is 42.5 Å². The van der Waals surface area contributed by atoms with Crippen molar-refractivity contribution < 1.29 is 28.5 Å². The molecular weight excluding hydrogens is 362 g/mol. The van der Waals surface area contributed by atoms with Crippen molar-refractivity contribution >= 4 is 11.9 Å². The predicted molar refractivity (Wildman–Crippen MR) is 104 cm³/mol. The van der Waals surface area contributed by atoms with Gasteiger partial charge in [-0.15, -0.1) is 0 Å². The number of nitrogens with zero attached hydrogens (tertiary/aromatic N) is 1. The Labute approximate surface area is 164 Å². The highest BCUT2D eigenvalue weighted by Crippen LogP contribution is 2.25. The number of rotatable bonds is 9. The smallest absolute Gasteiger partial charge is 0.341 e. The van der Waals surface area contributed by atoms with Gasteiger partial charge in [-0.3, -0.25) is 4.79 Å². The molecule has 0 heterocycles. The molecule has 2 rings (SSSR count). The van der Waals surface area contributed by atoms with Gasteiger partial charge in [-0.1, -0.05) is 12.1 Å². The summed E-state index contributed by atoms with van der Waals surface area (Å²) in [7, 11) is 4.48. The molecule has 0 aliphatic rings. The minimum atomic E-state index is -0.548. The normalized spacial score (nSPS) is 10.1. The van der Waals surface area contributed by atoms with Gasteiger partial charge in [0.2, 0.25) is 0 Å². The summed E-state index contributed by atoms with van der Waals surface area (Å²) in [4.78, 5) is 25.9. The molecule has 0 saturated heterocycles. The minimum Gasteiger partial charge on any atom is -0.497 e. The van der Waals surface area contributed by atoms with Crippen LogP contribution >= 0.6 is 0 Å². The zero-order valence-electron chi connectivity index (χ0n) is 16.6. The Balaban J connectivity index is 1.99. The van der Waals surface area contributed by atoms with E-state index in [2.05, 4.69) is 0 Å². The summed E-state index contributed by atoms with van der Waals surface area (Å²) in [5.41, 5.74) is 1.20. The Hall–Kier alpha value is -3.22. The predicted octanol–water partition coefficient (Wildman–Crippen LogP) is 2.92. The van der Waals surface area contributed by atoms with E-state index in [0.717, 1.165) is 11.3 Å². The van der Waals surface area contributed by atoms with Gasteiger partial charge in [0.15, 0.2) is 6.61 Å². The third-order valence-corrected chi connectivity index (χ3v) is 4.03. The fraction of sp³-hybridized carbons (Fsp3) is 0.333. The van der Waals surface area contributed by atoms with Crippen molar-refractivity contribution in [1.82, 2.24) is 4.90 Å². The van der Waals surface area contributed by atoms with E-state index in [-0.39, 0.29) is 23.8 Å². The number of carbonyl (C=O) groups is 2. The van der Waals surface area contributed by atoms with E-state index < -0.39 is 5.97 Å². The second kappa shape index (κ2) is 10.2. The molecule has 0 fully saturated rings. The molecule has 0 saturated carbocycles. The lowest BCUT2D eigenvalue weighted by atomic mass is 10.2. The zero-order valence-corrected chi connectivity index (χ0v) is 16.6. The van der Waals surface area contributed by atoms with Gasteiger partial charge in [0.1, 0.15) is 22.8 Å². The lowest BCUT2D eigenvalue weighted by Gasteiger charge is -2.18. The van der Waals surface area contributed by atoms with Gasteiger partial charge in [-0.2, -0.15) is 0 Å². The molecule has 0 spiro atoms. The first-order valence-corrected chi connectivity index (χ1v) is 8.83. The number of likely N-dealkylation sites (N-methyl/N-ethyl adjacent to an activating group) is 1. The zero-order chi connectivity index (χ0) is 20.5. The summed E-state index contributed by atoms with van der Waals surface area (Å²) in [6, 6.07) is 12.3. The van der Waals surface area contributed by atoms with Crippen LogP contribution in [0.3, 0.4) is 0 Å². The lowest BCUT2D eigenvalue weighted by molar-refractivity contribution is -0.132. The Morgan fingerprint density at radius 3 is 2.25 bits per heavy atom. The van der Waals surface area contributed by atoms with E-state index in [9.17, 15) is 9.59 Å². The van der Waals surface area contributed by atoms with Gasteiger partial charge in [-0.05, 0) is 36.8 Å². The molecule has 0 atom stereocenters. The maximum absolute atomic E-state index is 12.4. The number of ether oxygens (including phenoxy) is 4. The molecular formula is C21H25NO6. The molecule has 0 aliphatic carbocycles. The van der Waals surface area contributed by atoms with Crippen molar-refractivity contribution in [2.24, 2.45) is 0 Å². The van der Waals surface area contributed by atoms with Crippen LogP contribution < -0.4 is 14.2 Å². The standard InChI is InChI=1S/C21H25NO6/c1-5-27-16-8-6-15(7-9-16)13-22(2)20(23)14-28-19-12-17(25-3)10-11-18(19)21(24)26-4/h6-12H,5,13-14H2,1-4H3. The third-order valence-electron chi connectivity index (χ3n) is 4.03. The number of esters is 1. The fourth-order valence-corrected chi connectivity index (χ4v) is 2.50. The van der Waals surface area contributed by atoms with Gasteiger partial charge in [0, 0.05) is 19.7 Å². The first kappa shape index (κ1) is 21.1. The maximum Gasteiger partial charge on any atom is 0.341 e. The van der Waals surface area contributed by atoms with Crippen LogP contribution in [-0.2, 0) is 16.1 Å². The lowest BCUT2D eigenvalue weighted by Crippen LogP contribution is -2.31. The number of benzene rings is 2. The third kappa shape index (κ3) is 5.64. The molecule has 7 nitrogen and oxygen atoms in total. The summed E-state index contributed by atoms with van der Waals surface area (Å²) in [5.74, 6) is 0.754. The second-order valence-corrected chi connectivity index (χ2v) is 5.97. The maximum atomic E-state index is 12.4. The molecule has 0 aliphatic heterocycles. The highest BCUT2D eigenvalue weighted by atomic mass is 16.5. The van der Waals surface area contributed by atoms with Gasteiger partial charge in [-0.25, -0.2) is 4.79 Å². The Kier molecular flexibility index (Phi) is 7.68. The molecule has 28 heavy (non-hydrogen) atoms. The van der Waals surface area contributed by atoms with Crippen molar-refractivity contribution in [1.29, 1.82) is 0 Å². The first-order valence-electron chi connectivity index (χ1n) is 8.83. The number of amides is 1. The van der Waals surface area contributed by atoms with Crippen LogP contribution in [0, 0.1) is 0 Å². The SMILES string of the molecule is CCOc1ccc(CN(C)C(=O)COc2cc(OC)ccc2C(=O)OC)cc1. The van der Waals surface area contributed by atoms with E-state index in [1.807, 2.05) is 31.2 Å². The average Bonchev–Trinajstić information content (AvgIpc) is 2.72. The number of carbonyl (C=O) groups excluding carboxylic acids is 2. The highest BCUT2D eigenvalue weighted by Gasteiger charge is 2.17. The van der Waals surface area contributed by atoms with E-state index in [4.69, 9.17) is 18.9 Å². The molecule has 150 valence electrons. The van der Waals surface area contributed by atoms with Gasteiger partial charge in [0.25, 0.3) is 5.91 Å². The van der Waals surface area contributed by atoms with Crippen molar-refractivity contribution in [3.63, 3.8) is 0 Å². The molecule has 0 N–H and O–H groups in total. The summed E-state index contributed by atoms with van der Waals surface area (Å²) < 4.78 is 20.9. The minimum absolute atomic E-state index is 0.218. The molecule has 7 heteroatoms. The topological polar surface area (TPSA) is 74.3 Å². The van der Waals surface area contributed by atoms with Crippen LogP contribution in [0.4, 0.5) is 0 Å². The Morgan fingerprint density at radius 1 is 0.964 bits per heavy atom. The molecule has 2 aromatic rings. The van der Waals surface area contributed by atoms with E-state index in [0.29, 0.717) is 18.9 Å². The summed E-state index contributed by atoms with van der Waals surface area (Å²) in [5, 5.41) is 0. The molecule has 0 radical (unpaired) electrons. The largest absolute Gasteiger partial charge is 0.497 e. The fourth-order valence-electron chi connectivity index (χ4n) is 2.50. The van der Waals surface area contributed by atoms with Crippen LogP contribution in [0.2, 0.25) is 0 Å². The number of hydrogen-bond acceptors (Lipinski definition) is 6. The van der Waals surface area contributed by atoms with Crippen molar-refractivity contribution in [2.45, 2.75) is 13.5 Å². The van der Waals surface area contributed by atoms with E-state index in [1.165, 1.54) is 20.3 Å². The Morgan fingerprint density at radius 2 is 1.64 bits per heavy atom. The van der Waals surface area contributed by atoms with Gasteiger partial charge >= 0.3 is 5.97 Å². The molecule has 0 unspecified atom stereocenters. The van der Waals surface area contributed by atoms with E-state index >= 15 is 0 Å². The second-order valence-electron chi connectivity index (χ2n) is 5.97. The van der Waals surface area contributed by atoms with Crippen LogP contribution in [-0.4, -0.2) is 51.3 Å². The van der Waals surface area contributed by atoms with Crippen molar-refractivity contribution in [2.75, 3.05) is 34.5 Å². The number of hydrogen-bond donors (Lipinski definition) is 0. The molecule has 2 aromatic carbocycles. The van der Waals surface area contributed by atoms with Gasteiger partial charge < -0.3 is 23.8 Å². The quantitative estimate of drug-likeness (QED) is 0.616. The van der Waals surface area contributed by atoms with Crippen LogP contribution in [0.5, 0.6) is 17.2 Å².